The number of nitrogens with zero attached hydrogens (tertiary/aromatic N) is 4. The van der Waals surface area contributed by atoms with Crippen LogP contribution in [0.4, 0.5) is 5.82 Å². The molecule has 2 saturated heterocycles. The van der Waals surface area contributed by atoms with E-state index in [1.54, 1.807) is 12.1 Å². The molecule has 9 heteroatoms. The van der Waals surface area contributed by atoms with Crippen molar-refractivity contribution in [1.29, 1.82) is 0 Å². The third-order valence-corrected chi connectivity index (χ3v) is 7.67. The molecular formula is C22H31N5O3S. The van der Waals surface area contributed by atoms with Crippen molar-refractivity contribution >= 4 is 15.8 Å². The van der Waals surface area contributed by atoms with E-state index in [0.717, 1.165) is 45.8 Å². The van der Waals surface area contributed by atoms with Crippen LogP contribution in [-0.2, 0) is 21.3 Å². The van der Waals surface area contributed by atoms with Crippen molar-refractivity contribution in [2.75, 3.05) is 70.9 Å². The Bertz CT molecular complexity index is 910. The van der Waals surface area contributed by atoms with Crippen LogP contribution in [0.3, 0.4) is 0 Å². The lowest BCUT2D eigenvalue weighted by Gasteiger charge is -2.34. The van der Waals surface area contributed by atoms with Gasteiger partial charge in [0.2, 0.25) is 10.0 Å². The highest BCUT2D eigenvalue weighted by Gasteiger charge is 2.26. The van der Waals surface area contributed by atoms with Gasteiger partial charge in [-0.2, -0.15) is 4.31 Å². The molecule has 2 aliphatic rings. The number of nitrogens with one attached hydrogen (secondary N) is 1. The first-order valence-corrected chi connectivity index (χ1v) is 12.3. The molecule has 2 aromatic rings. The number of pyridine rings is 1. The van der Waals surface area contributed by atoms with Crippen LogP contribution in [0, 0.1) is 0 Å². The average Bonchev–Trinajstić information content (AvgIpc) is 2.82. The summed E-state index contributed by atoms with van der Waals surface area (Å²) in [5, 5.41) is 3.31. The molecule has 1 aromatic carbocycles. The standard InChI is InChI=1S/C22H31N5O3S/c28-31(29,27-14-16-30-17-15-27)21-6-7-22(24-18-21)23-8-9-25-10-12-26(13-11-25)19-20-4-2-1-3-5-20/h1-7,18H,8-17,19H2,(H,23,24). The summed E-state index contributed by atoms with van der Waals surface area (Å²) in [6, 6.07) is 14.0. The molecule has 0 spiro atoms. The van der Waals surface area contributed by atoms with Crippen molar-refractivity contribution in [3.05, 3.63) is 54.2 Å². The van der Waals surface area contributed by atoms with Gasteiger partial charge in [-0.25, -0.2) is 13.4 Å². The Morgan fingerprint density at radius 3 is 2.29 bits per heavy atom. The number of piperazine rings is 1. The topological polar surface area (TPSA) is 78.0 Å². The van der Waals surface area contributed by atoms with Crippen molar-refractivity contribution in [2.45, 2.75) is 11.4 Å². The molecular weight excluding hydrogens is 414 g/mol. The maximum absolute atomic E-state index is 12.7. The summed E-state index contributed by atoms with van der Waals surface area (Å²) < 4.78 is 32.0. The Balaban J connectivity index is 1.19. The molecule has 2 fully saturated rings. The second kappa shape index (κ2) is 10.5. The number of hydrogen-bond donors (Lipinski definition) is 1. The van der Waals surface area contributed by atoms with Crippen molar-refractivity contribution in [3.63, 3.8) is 0 Å². The molecule has 0 atom stereocenters. The van der Waals surface area contributed by atoms with Crippen LogP contribution in [0.15, 0.2) is 53.6 Å². The SMILES string of the molecule is O=S(=O)(c1ccc(NCCN2CCN(Cc3ccccc3)CC2)nc1)N1CCOCC1. The molecule has 0 amide bonds. The van der Waals surface area contributed by atoms with E-state index in [-0.39, 0.29) is 4.90 Å². The van der Waals surface area contributed by atoms with Crippen molar-refractivity contribution < 1.29 is 13.2 Å². The third-order valence-electron chi connectivity index (χ3n) is 5.79. The number of ether oxygens (including phenoxy) is 1. The Kier molecular flexibility index (Phi) is 7.52. The molecule has 1 aromatic heterocycles. The normalized spacial score (nSPS) is 19.4. The number of anilines is 1. The summed E-state index contributed by atoms with van der Waals surface area (Å²) >= 11 is 0. The van der Waals surface area contributed by atoms with Crippen LogP contribution in [0.25, 0.3) is 0 Å². The lowest BCUT2D eigenvalue weighted by Crippen LogP contribution is -2.47. The van der Waals surface area contributed by atoms with E-state index in [2.05, 4.69) is 50.4 Å². The van der Waals surface area contributed by atoms with E-state index < -0.39 is 10.0 Å². The van der Waals surface area contributed by atoms with Gasteiger partial charge in [0, 0.05) is 65.1 Å². The molecule has 0 radical (unpaired) electrons. The van der Waals surface area contributed by atoms with E-state index in [1.807, 2.05) is 0 Å². The summed E-state index contributed by atoms with van der Waals surface area (Å²) in [7, 11) is -3.49. The molecule has 0 aliphatic carbocycles. The Labute approximate surface area is 184 Å². The number of aromatic nitrogens is 1. The van der Waals surface area contributed by atoms with Gasteiger partial charge in [-0.1, -0.05) is 30.3 Å². The number of rotatable bonds is 8. The average molecular weight is 446 g/mol. The quantitative estimate of drug-likeness (QED) is 0.657. The van der Waals surface area contributed by atoms with E-state index in [0.29, 0.717) is 32.1 Å². The highest BCUT2D eigenvalue weighted by molar-refractivity contribution is 7.89. The Morgan fingerprint density at radius 2 is 1.61 bits per heavy atom. The molecule has 8 nitrogen and oxygen atoms in total. The smallest absolute Gasteiger partial charge is 0.244 e. The summed E-state index contributed by atoms with van der Waals surface area (Å²) in [5.41, 5.74) is 1.36. The maximum Gasteiger partial charge on any atom is 0.244 e. The highest BCUT2D eigenvalue weighted by atomic mass is 32.2. The van der Waals surface area contributed by atoms with Crippen molar-refractivity contribution in [3.8, 4) is 0 Å². The molecule has 0 unspecified atom stereocenters. The van der Waals surface area contributed by atoms with E-state index in [9.17, 15) is 8.42 Å². The fraction of sp³-hybridized carbons (Fsp3) is 0.500. The van der Waals surface area contributed by atoms with E-state index in [1.165, 1.54) is 16.1 Å². The summed E-state index contributed by atoms with van der Waals surface area (Å²) in [4.78, 5) is 9.48. The maximum atomic E-state index is 12.7. The predicted molar refractivity (Wildman–Crippen MR) is 120 cm³/mol. The number of morpholine rings is 1. The number of benzene rings is 1. The van der Waals surface area contributed by atoms with Gasteiger partial charge in [-0.3, -0.25) is 9.80 Å². The van der Waals surface area contributed by atoms with E-state index >= 15 is 0 Å². The minimum atomic E-state index is -3.49. The zero-order valence-corrected chi connectivity index (χ0v) is 18.6. The monoisotopic (exact) mass is 445 g/mol. The second-order valence-corrected chi connectivity index (χ2v) is 9.86. The van der Waals surface area contributed by atoms with Crippen molar-refractivity contribution in [1.82, 2.24) is 19.1 Å². The lowest BCUT2D eigenvalue weighted by molar-refractivity contribution is 0.0730. The summed E-state index contributed by atoms with van der Waals surface area (Å²) in [5.74, 6) is 0.698. The van der Waals surface area contributed by atoms with Gasteiger partial charge in [0.05, 0.1) is 13.2 Å². The van der Waals surface area contributed by atoms with Crippen LogP contribution >= 0.6 is 0 Å². The molecule has 4 rings (SSSR count). The van der Waals surface area contributed by atoms with Gasteiger partial charge in [0.25, 0.3) is 0 Å². The largest absolute Gasteiger partial charge is 0.379 e. The van der Waals surface area contributed by atoms with Gasteiger partial charge in [-0.15, -0.1) is 0 Å². The fourth-order valence-corrected chi connectivity index (χ4v) is 5.28. The van der Waals surface area contributed by atoms with Gasteiger partial charge >= 0.3 is 0 Å². The van der Waals surface area contributed by atoms with Crippen LogP contribution < -0.4 is 5.32 Å². The Hall–Kier alpha value is -2.04. The zero-order valence-electron chi connectivity index (χ0n) is 17.8. The number of sulfonamides is 1. The summed E-state index contributed by atoms with van der Waals surface area (Å²) in [6.07, 6.45) is 1.44. The van der Waals surface area contributed by atoms with Gasteiger partial charge in [-0.05, 0) is 17.7 Å². The summed E-state index contributed by atoms with van der Waals surface area (Å²) in [6.45, 7) is 8.63. The van der Waals surface area contributed by atoms with Crippen LogP contribution in [-0.4, -0.2) is 93.1 Å². The van der Waals surface area contributed by atoms with Gasteiger partial charge < -0.3 is 10.1 Å². The lowest BCUT2D eigenvalue weighted by atomic mass is 10.2. The minimum Gasteiger partial charge on any atom is -0.379 e. The zero-order chi connectivity index (χ0) is 21.5. The first-order chi connectivity index (χ1) is 15.1. The van der Waals surface area contributed by atoms with Crippen LogP contribution in [0.1, 0.15) is 5.56 Å². The Morgan fingerprint density at radius 1 is 0.903 bits per heavy atom. The molecule has 2 aliphatic heterocycles. The molecule has 0 bridgehead atoms. The molecule has 168 valence electrons. The number of hydrogen-bond acceptors (Lipinski definition) is 7. The van der Waals surface area contributed by atoms with Crippen LogP contribution in [0.2, 0.25) is 0 Å². The third kappa shape index (κ3) is 6.02. The van der Waals surface area contributed by atoms with Gasteiger partial charge in [0.1, 0.15) is 10.7 Å². The van der Waals surface area contributed by atoms with Gasteiger partial charge in [0.15, 0.2) is 0 Å². The van der Waals surface area contributed by atoms with Crippen LogP contribution in [0.5, 0.6) is 0 Å². The second-order valence-electron chi connectivity index (χ2n) is 7.93. The van der Waals surface area contributed by atoms with E-state index in [4.69, 9.17) is 4.74 Å². The first-order valence-electron chi connectivity index (χ1n) is 10.9. The molecule has 0 saturated carbocycles. The minimum absolute atomic E-state index is 0.231. The molecule has 3 heterocycles. The van der Waals surface area contributed by atoms with Crippen molar-refractivity contribution in [2.24, 2.45) is 0 Å². The molecule has 1 N–H and O–H groups in total. The predicted octanol–water partition coefficient (Wildman–Crippen LogP) is 1.33. The highest BCUT2D eigenvalue weighted by Crippen LogP contribution is 2.17. The fourth-order valence-electron chi connectivity index (χ4n) is 3.93. The first kappa shape index (κ1) is 22.2. The molecule has 31 heavy (non-hydrogen) atoms.